The number of thiophene rings is 1. The van der Waals surface area contributed by atoms with E-state index in [9.17, 15) is 4.79 Å². The van der Waals surface area contributed by atoms with E-state index in [1.165, 1.54) is 23.3 Å². The molecule has 4 N–H and O–H groups in total. The number of amides is 1. The first kappa shape index (κ1) is 17.7. The zero-order valence-electron chi connectivity index (χ0n) is 15.2. The van der Waals surface area contributed by atoms with Gasteiger partial charge in [0.2, 0.25) is 0 Å². The summed E-state index contributed by atoms with van der Waals surface area (Å²) in [5.41, 5.74) is 7.30. The number of nitrogens with two attached hydrogens (primary N) is 1. The minimum atomic E-state index is -0.121. The Labute approximate surface area is 157 Å². The van der Waals surface area contributed by atoms with Crippen molar-refractivity contribution in [3.05, 3.63) is 33.2 Å². The maximum Gasteiger partial charge on any atom is 0.266 e. The second kappa shape index (κ2) is 7.13. The van der Waals surface area contributed by atoms with Gasteiger partial charge in [-0.15, -0.1) is 11.3 Å². The monoisotopic (exact) mass is 374 g/mol. The molecule has 2 fully saturated rings. The van der Waals surface area contributed by atoms with Crippen molar-refractivity contribution in [2.24, 2.45) is 5.73 Å². The van der Waals surface area contributed by atoms with Crippen LogP contribution in [0.1, 0.15) is 63.9 Å². The molecule has 26 heavy (non-hydrogen) atoms. The smallest absolute Gasteiger partial charge is 0.266 e. The van der Waals surface area contributed by atoms with Crippen LogP contribution >= 0.6 is 11.3 Å². The highest BCUT2D eigenvalue weighted by atomic mass is 32.1. The number of hydrogen-bond donors (Lipinski definition) is 3. The first-order chi connectivity index (χ1) is 12.5. The van der Waals surface area contributed by atoms with Gasteiger partial charge in [-0.05, 0) is 57.6 Å². The molecule has 0 spiro atoms. The molecule has 4 rings (SSSR count). The van der Waals surface area contributed by atoms with E-state index in [0.717, 1.165) is 24.1 Å². The van der Waals surface area contributed by atoms with E-state index < -0.39 is 0 Å². The normalized spacial score (nSPS) is 28.1. The number of nitrogens with zero attached hydrogens (tertiary/aromatic N) is 1. The molecule has 0 bridgehead atoms. The molecular weight excluding hydrogens is 348 g/mol. The van der Waals surface area contributed by atoms with Crippen LogP contribution in [0.4, 0.5) is 5.82 Å². The molecule has 7 heteroatoms. The Bertz CT molecular complexity index is 791. The number of carbonyl (C=O) groups is 1. The maximum atomic E-state index is 12.5. The fourth-order valence-electron chi connectivity index (χ4n) is 3.89. The molecule has 0 saturated heterocycles. The number of hydrogen-bond acceptors (Lipinski definition) is 6. The van der Waals surface area contributed by atoms with Crippen molar-refractivity contribution in [1.29, 1.82) is 0 Å². The second-order valence-electron chi connectivity index (χ2n) is 7.63. The zero-order chi connectivity index (χ0) is 18.3. The second-order valence-corrected chi connectivity index (χ2v) is 8.88. The van der Waals surface area contributed by atoms with Gasteiger partial charge in [0, 0.05) is 35.0 Å². The lowest BCUT2D eigenvalue weighted by Gasteiger charge is -2.27. The topological polar surface area (TPSA) is 93.2 Å². The minimum absolute atomic E-state index is 0.121. The van der Waals surface area contributed by atoms with Crippen LogP contribution in [0.3, 0.4) is 0 Å². The molecule has 2 aromatic rings. The van der Waals surface area contributed by atoms with Crippen LogP contribution in [0, 0.1) is 13.8 Å². The number of nitrogens with one attached hydrogen (secondary N) is 2. The van der Waals surface area contributed by atoms with Crippen molar-refractivity contribution in [2.75, 3.05) is 5.32 Å². The summed E-state index contributed by atoms with van der Waals surface area (Å²) in [6.07, 6.45) is 5.76. The largest absolute Gasteiger partial charge is 0.360 e. The Hall–Kier alpha value is -1.70. The average Bonchev–Trinajstić information content (AvgIpc) is 3.05. The standard InChI is InChI=1S/C19H26N4O2S/c1-10-7-18(23-25-10)22-19(24)17-9-14(11(2)26-17)15-8-16(15)21-13-5-3-12(20)4-6-13/h7,9,12-13,15-16,21H,3-6,8,20H2,1-2H3,(H,22,23,24). The zero-order valence-corrected chi connectivity index (χ0v) is 16.1. The molecule has 2 aliphatic rings. The van der Waals surface area contributed by atoms with Crippen molar-refractivity contribution in [3.63, 3.8) is 0 Å². The predicted molar refractivity (Wildman–Crippen MR) is 103 cm³/mol. The fourth-order valence-corrected chi connectivity index (χ4v) is 4.88. The van der Waals surface area contributed by atoms with E-state index in [4.69, 9.17) is 10.3 Å². The quantitative estimate of drug-likeness (QED) is 0.746. The molecule has 0 aliphatic heterocycles. The van der Waals surface area contributed by atoms with Gasteiger partial charge in [0.1, 0.15) is 5.76 Å². The summed E-state index contributed by atoms with van der Waals surface area (Å²) >= 11 is 1.55. The Morgan fingerprint density at radius 3 is 2.73 bits per heavy atom. The van der Waals surface area contributed by atoms with Crippen molar-refractivity contribution in [2.45, 2.75) is 70.0 Å². The van der Waals surface area contributed by atoms with E-state index in [2.05, 4.69) is 22.7 Å². The summed E-state index contributed by atoms with van der Waals surface area (Å²) in [5.74, 6) is 1.54. The maximum absolute atomic E-state index is 12.5. The highest BCUT2D eigenvalue weighted by Crippen LogP contribution is 2.45. The third-order valence-corrected chi connectivity index (χ3v) is 6.53. The Balaban J connectivity index is 1.36. The molecule has 2 atom stereocenters. The van der Waals surface area contributed by atoms with Crippen molar-refractivity contribution >= 4 is 23.1 Å². The van der Waals surface area contributed by atoms with E-state index in [0.29, 0.717) is 35.6 Å². The van der Waals surface area contributed by atoms with Crippen LogP contribution in [0.25, 0.3) is 0 Å². The third kappa shape index (κ3) is 3.84. The molecule has 2 aliphatic carbocycles. The van der Waals surface area contributed by atoms with Crippen molar-refractivity contribution in [3.8, 4) is 0 Å². The minimum Gasteiger partial charge on any atom is -0.360 e. The van der Waals surface area contributed by atoms with Gasteiger partial charge in [-0.3, -0.25) is 4.79 Å². The fraction of sp³-hybridized carbons (Fsp3) is 0.579. The van der Waals surface area contributed by atoms with E-state index in [1.807, 2.05) is 6.07 Å². The van der Waals surface area contributed by atoms with Gasteiger partial charge in [-0.25, -0.2) is 0 Å². The van der Waals surface area contributed by atoms with E-state index >= 15 is 0 Å². The van der Waals surface area contributed by atoms with E-state index in [-0.39, 0.29) is 5.91 Å². The summed E-state index contributed by atoms with van der Waals surface area (Å²) in [6, 6.07) is 5.29. The summed E-state index contributed by atoms with van der Waals surface area (Å²) in [7, 11) is 0. The van der Waals surface area contributed by atoms with Crippen LogP contribution in [0.2, 0.25) is 0 Å². The van der Waals surface area contributed by atoms with Crippen LogP contribution in [0.15, 0.2) is 16.7 Å². The molecule has 0 radical (unpaired) electrons. The first-order valence-electron chi connectivity index (χ1n) is 9.36. The number of carbonyl (C=O) groups excluding carboxylic acids is 1. The van der Waals surface area contributed by atoms with E-state index in [1.54, 1.807) is 24.3 Å². The first-order valence-corrected chi connectivity index (χ1v) is 10.2. The molecular formula is C19H26N4O2S. The molecule has 2 saturated carbocycles. The highest BCUT2D eigenvalue weighted by molar-refractivity contribution is 7.14. The molecule has 6 nitrogen and oxygen atoms in total. The van der Waals surface area contributed by atoms with Crippen molar-refractivity contribution in [1.82, 2.24) is 10.5 Å². The molecule has 0 aromatic carbocycles. The molecule has 140 valence electrons. The van der Waals surface area contributed by atoms with Gasteiger partial charge in [0.15, 0.2) is 5.82 Å². The number of aromatic nitrogens is 1. The van der Waals surface area contributed by atoms with Crippen LogP contribution in [0.5, 0.6) is 0 Å². The molecule has 1 amide bonds. The number of anilines is 1. The summed E-state index contributed by atoms with van der Waals surface area (Å²) < 4.78 is 4.99. The highest BCUT2D eigenvalue weighted by Gasteiger charge is 2.41. The Morgan fingerprint density at radius 2 is 2.04 bits per heavy atom. The van der Waals surface area contributed by atoms with Gasteiger partial charge in [0.25, 0.3) is 5.91 Å². The molecule has 2 unspecified atom stereocenters. The lowest BCUT2D eigenvalue weighted by Crippen LogP contribution is -2.38. The molecule has 2 aromatic heterocycles. The lowest BCUT2D eigenvalue weighted by atomic mass is 9.92. The predicted octanol–water partition coefficient (Wildman–Crippen LogP) is 3.32. The molecule has 2 heterocycles. The van der Waals surface area contributed by atoms with Crippen LogP contribution in [-0.4, -0.2) is 29.2 Å². The van der Waals surface area contributed by atoms with Gasteiger partial charge < -0.3 is 20.9 Å². The third-order valence-electron chi connectivity index (χ3n) is 5.46. The van der Waals surface area contributed by atoms with Crippen LogP contribution < -0.4 is 16.4 Å². The van der Waals surface area contributed by atoms with Gasteiger partial charge in [0.05, 0.1) is 4.88 Å². The Morgan fingerprint density at radius 1 is 1.27 bits per heavy atom. The summed E-state index contributed by atoms with van der Waals surface area (Å²) in [5, 5.41) is 10.4. The Kier molecular flexibility index (Phi) is 4.86. The van der Waals surface area contributed by atoms with Gasteiger partial charge >= 0.3 is 0 Å². The summed E-state index contributed by atoms with van der Waals surface area (Å²) in [6.45, 7) is 3.91. The SMILES string of the molecule is Cc1cc(NC(=O)c2cc(C3CC3NC3CCC(N)CC3)c(C)s2)no1. The lowest BCUT2D eigenvalue weighted by molar-refractivity contribution is 0.102. The van der Waals surface area contributed by atoms with Gasteiger partial charge in [-0.1, -0.05) is 5.16 Å². The van der Waals surface area contributed by atoms with Crippen molar-refractivity contribution < 1.29 is 9.32 Å². The van der Waals surface area contributed by atoms with Gasteiger partial charge in [-0.2, -0.15) is 0 Å². The summed E-state index contributed by atoms with van der Waals surface area (Å²) in [4.78, 5) is 14.4. The number of rotatable bonds is 5. The number of aryl methyl sites for hydroxylation is 2. The van der Waals surface area contributed by atoms with Crippen LogP contribution in [-0.2, 0) is 0 Å². The average molecular weight is 375 g/mol.